The number of amides is 1. The van der Waals surface area contributed by atoms with Crippen molar-refractivity contribution < 1.29 is 9.32 Å². The summed E-state index contributed by atoms with van der Waals surface area (Å²) < 4.78 is 4.97. The summed E-state index contributed by atoms with van der Waals surface area (Å²) in [5, 5.41) is 6.86. The standard InChI is InChI=1S/C15H17N3O2/c1-10-16-14(18-20-10)12-7-4-8-13(9-12)17-15(19)11-5-2-3-6-11/h4,7-9,11H,2-3,5-6H2,1H3,(H,17,19). The Balaban J connectivity index is 1.75. The molecule has 0 radical (unpaired) electrons. The van der Waals surface area contributed by atoms with E-state index in [4.69, 9.17) is 4.52 Å². The van der Waals surface area contributed by atoms with Crippen LogP contribution in [0.15, 0.2) is 28.8 Å². The number of hydrogen-bond acceptors (Lipinski definition) is 4. The number of carbonyl (C=O) groups excluding carboxylic acids is 1. The van der Waals surface area contributed by atoms with E-state index in [9.17, 15) is 4.79 Å². The van der Waals surface area contributed by atoms with Crippen LogP contribution in [-0.4, -0.2) is 16.0 Å². The van der Waals surface area contributed by atoms with Gasteiger partial charge in [0.1, 0.15) is 0 Å². The molecule has 5 heteroatoms. The van der Waals surface area contributed by atoms with Crippen molar-refractivity contribution in [3.8, 4) is 11.4 Å². The Bertz CT molecular complexity index is 615. The van der Waals surface area contributed by atoms with E-state index in [-0.39, 0.29) is 11.8 Å². The highest BCUT2D eigenvalue weighted by Crippen LogP contribution is 2.27. The summed E-state index contributed by atoms with van der Waals surface area (Å²) in [6.45, 7) is 1.75. The van der Waals surface area contributed by atoms with E-state index in [1.165, 1.54) is 0 Å². The third-order valence-corrected chi connectivity index (χ3v) is 3.64. The lowest BCUT2D eigenvalue weighted by molar-refractivity contribution is -0.119. The summed E-state index contributed by atoms with van der Waals surface area (Å²) in [6, 6.07) is 7.53. The van der Waals surface area contributed by atoms with Crippen molar-refractivity contribution in [3.05, 3.63) is 30.2 Å². The quantitative estimate of drug-likeness (QED) is 0.931. The third-order valence-electron chi connectivity index (χ3n) is 3.64. The molecule has 0 saturated heterocycles. The first-order valence-corrected chi connectivity index (χ1v) is 6.94. The van der Waals surface area contributed by atoms with Gasteiger partial charge in [-0.25, -0.2) is 0 Å². The van der Waals surface area contributed by atoms with Crippen LogP contribution in [0.5, 0.6) is 0 Å². The van der Waals surface area contributed by atoms with Gasteiger partial charge in [0, 0.05) is 24.1 Å². The molecule has 20 heavy (non-hydrogen) atoms. The van der Waals surface area contributed by atoms with Gasteiger partial charge in [0.25, 0.3) is 0 Å². The summed E-state index contributed by atoms with van der Waals surface area (Å²) in [4.78, 5) is 16.3. The monoisotopic (exact) mass is 271 g/mol. The Labute approximate surface area is 117 Å². The highest BCUT2D eigenvalue weighted by Gasteiger charge is 2.22. The molecule has 5 nitrogen and oxygen atoms in total. The molecular formula is C15H17N3O2. The molecule has 1 aromatic carbocycles. The smallest absolute Gasteiger partial charge is 0.227 e. The summed E-state index contributed by atoms with van der Waals surface area (Å²) >= 11 is 0. The Morgan fingerprint density at radius 3 is 2.85 bits per heavy atom. The fraction of sp³-hybridized carbons (Fsp3) is 0.400. The van der Waals surface area contributed by atoms with Crippen molar-refractivity contribution >= 4 is 11.6 Å². The van der Waals surface area contributed by atoms with Gasteiger partial charge in [-0.15, -0.1) is 0 Å². The van der Waals surface area contributed by atoms with Crippen LogP contribution < -0.4 is 5.32 Å². The third kappa shape index (κ3) is 2.71. The highest BCUT2D eigenvalue weighted by molar-refractivity contribution is 5.93. The van der Waals surface area contributed by atoms with E-state index >= 15 is 0 Å². The van der Waals surface area contributed by atoms with E-state index in [0.29, 0.717) is 11.7 Å². The molecule has 2 aromatic rings. The maximum atomic E-state index is 12.1. The van der Waals surface area contributed by atoms with E-state index in [2.05, 4.69) is 15.5 Å². The molecule has 104 valence electrons. The fourth-order valence-corrected chi connectivity index (χ4v) is 2.58. The van der Waals surface area contributed by atoms with Crippen LogP contribution in [0.3, 0.4) is 0 Å². The molecule has 1 N–H and O–H groups in total. The first kappa shape index (κ1) is 12.8. The predicted octanol–water partition coefficient (Wildman–Crippen LogP) is 3.17. The number of aromatic nitrogens is 2. The molecule has 0 unspecified atom stereocenters. The molecular weight excluding hydrogens is 254 g/mol. The zero-order valence-corrected chi connectivity index (χ0v) is 11.4. The van der Waals surface area contributed by atoms with Crippen LogP contribution in [0, 0.1) is 12.8 Å². The Kier molecular flexibility index (Phi) is 3.50. The van der Waals surface area contributed by atoms with Crippen LogP contribution in [0.1, 0.15) is 31.6 Å². The summed E-state index contributed by atoms with van der Waals surface area (Å²) in [7, 11) is 0. The van der Waals surface area contributed by atoms with E-state index in [1.54, 1.807) is 6.92 Å². The number of nitrogens with zero attached hydrogens (tertiary/aromatic N) is 2. The average Bonchev–Trinajstić information content (AvgIpc) is 3.10. The van der Waals surface area contributed by atoms with Crippen LogP contribution in [0.25, 0.3) is 11.4 Å². The van der Waals surface area contributed by atoms with Crippen LogP contribution >= 0.6 is 0 Å². The van der Waals surface area contributed by atoms with Gasteiger partial charge in [0.05, 0.1) is 0 Å². The normalized spacial score (nSPS) is 15.4. The highest BCUT2D eigenvalue weighted by atomic mass is 16.5. The number of nitrogens with one attached hydrogen (secondary N) is 1. The summed E-state index contributed by atoms with van der Waals surface area (Å²) in [5.41, 5.74) is 1.62. The molecule has 1 heterocycles. The van der Waals surface area contributed by atoms with Gasteiger partial charge in [-0.05, 0) is 25.0 Å². The minimum atomic E-state index is 0.115. The van der Waals surface area contributed by atoms with E-state index < -0.39 is 0 Å². The Hall–Kier alpha value is -2.17. The molecule has 1 saturated carbocycles. The molecule has 1 aliphatic rings. The first-order chi connectivity index (χ1) is 9.72. The lowest BCUT2D eigenvalue weighted by Crippen LogP contribution is -2.20. The van der Waals surface area contributed by atoms with Gasteiger partial charge >= 0.3 is 0 Å². The number of carbonyl (C=O) groups is 1. The van der Waals surface area contributed by atoms with E-state index in [1.807, 2.05) is 24.3 Å². The van der Waals surface area contributed by atoms with Gasteiger partial charge in [-0.3, -0.25) is 4.79 Å². The zero-order chi connectivity index (χ0) is 13.9. The number of hydrogen-bond donors (Lipinski definition) is 1. The van der Waals surface area contributed by atoms with E-state index in [0.717, 1.165) is 36.9 Å². The lowest BCUT2D eigenvalue weighted by Gasteiger charge is -2.10. The van der Waals surface area contributed by atoms with Crippen molar-refractivity contribution in [2.24, 2.45) is 5.92 Å². The first-order valence-electron chi connectivity index (χ1n) is 6.94. The average molecular weight is 271 g/mol. The largest absolute Gasteiger partial charge is 0.339 e. The van der Waals surface area contributed by atoms with Crippen molar-refractivity contribution in [1.82, 2.24) is 10.1 Å². The molecule has 3 rings (SSSR count). The van der Waals surface area contributed by atoms with Crippen molar-refractivity contribution in [2.45, 2.75) is 32.6 Å². The van der Waals surface area contributed by atoms with Crippen LogP contribution in [0.2, 0.25) is 0 Å². The van der Waals surface area contributed by atoms with Gasteiger partial charge in [-0.2, -0.15) is 4.98 Å². The number of aryl methyl sites for hydroxylation is 1. The second-order valence-electron chi connectivity index (χ2n) is 5.19. The minimum absolute atomic E-state index is 0.115. The topological polar surface area (TPSA) is 68.0 Å². The molecule has 0 spiro atoms. The van der Waals surface area contributed by atoms with Gasteiger partial charge in [-0.1, -0.05) is 30.1 Å². The number of rotatable bonds is 3. The van der Waals surface area contributed by atoms with Gasteiger partial charge in [0.15, 0.2) is 0 Å². The zero-order valence-electron chi connectivity index (χ0n) is 11.4. The Morgan fingerprint density at radius 2 is 2.15 bits per heavy atom. The van der Waals surface area contributed by atoms with Gasteiger partial charge < -0.3 is 9.84 Å². The second kappa shape index (κ2) is 5.45. The number of anilines is 1. The molecule has 0 aliphatic heterocycles. The lowest BCUT2D eigenvalue weighted by atomic mass is 10.1. The number of benzene rings is 1. The van der Waals surface area contributed by atoms with Crippen molar-refractivity contribution in [2.75, 3.05) is 5.32 Å². The van der Waals surface area contributed by atoms with Crippen molar-refractivity contribution in [1.29, 1.82) is 0 Å². The minimum Gasteiger partial charge on any atom is -0.339 e. The molecule has 1 fully saturated rings. The summed E-state index contributed by atoms with van der Waals surface area (Å²) in [5.74, 6) is 1.34. The summed E-state index contributed by atoms with van der Waals surface area (Å²) in [6.07, 6.45) is 4.30. The molecule has 0 atom stereocenters. The van der Waals surface area contributed by atoms with Crippen LogP contribution in [0.4, 0.5) is 5.69 Å². The maximum absolute atomic E-state index is 12.1. The molecule has 1 amide bonds. The fourth-order valence-electron chi connectivity index (χ4n) is 2.58. The van der Waals surface area contributed by atoms with Gasteiger partial charge in [0.2, 0.25) is 17.6 Å². The van der Waals surface area contributed by atoms with Crippen molar-refractivity contribution in [3.63, 3.8) is 0 Å². The second-order valence-corrected chi connectivity index (χ2v) is 5.19. The van der Waals surface area contributed by atoms with Crippen LogP contribution in [-0.2, 0) is 4.79 Å². The molecule has 1 aromatic heterocycles. The predicted molar refractivity (Wildman–Crippen MR) is 75.1 cm³/mol. The Morgan fingerprint density at radius 1 is 1.35 bits per heavy atom. The molecule has 1 aliphatic carbocycles. The SMILES string of the molecule is Cc1nc(-c2cccc(NC(=O)C3CCCC3)c2)no1. The molecule has 0 bridgehead atoms. The maximum Gasteiger partial charge on any atom is 0.227 e.